The van der Waals surface area contributed by atoms with Gasteiger partial charge in [0.05, 0.1) is 30.5 Å². The summed E-state index contributed by atoms with van der Waals surface area (Å²) in [6.07, 6.45) is -2.18. The van der Waals surface area contributed by atoms with Crippen LogP contribution in [0.1, 0.15) is 48.7 Å². The van der Waals surface area contributed by atoms with E-state index in [1.54, 1.807) is 20.0 Å². The summed E-state index contributed by atoms with van der Waals surface area (Å²) < 4.78 is 52.4. The van der Waals surface area contributed by atoms with E-state index in [0.717, 1.165) is 11.6 Å². The number of carbonyl (C=O) groups excluding carboxylic acids is 1. The number of amides is 2. The normalized spacial score (nSPS) is 15.7. The highest BCUT2D eigenvalue weighted by Crippen LogP contribution is 2.33. The molecule has 1 aliphatic rings. The molecule has 2 heterocycles. The summed E-state index contributed by atoms with van der Waals surface area (Å²) in [5.41, 5.74) is 0.501. The average molecular weight is 455 g/mol. The summed E-state index contributed by atoms with van der Waals surface area (Å²) in [5.74, 6) is -1.03. The van der Waals surface area contributed by atoms with E-state index in [4.69, 9.17) is 5.11 Å². The molecule has 1 aliphatic heterocycles. The Hall–Kier alpha value is -2.95. The maximum absolute atomic E-state index is 14.0. The standard InChI is InChI=1S/C21H25F4N5O2/c1-3-17(13-4-5-15(16(22)8-13)21(23,24)25)29-20(32)30-7-6-14-9-26-19(27-12(2)11-31)28-18(14)10-30/h4-5,8-9,12,17,31H,3,6-7,10-11H2,1-2H3,(H,29,32)(H,26,27,28)/t12-,17?/m0/s1. The van der Waals surface area contributed by atoms with E-state index in [9.17, 15) is 22.4 Å². The molecule has 3 N–H and O–H groups in total. The molecule has 11 heteroatoms. The highest BCUT2D eigenvalue weighted by Gasteiger charge is 2.34. The van der Waals surface area contributed by atoms with Crippen LogP contribution in [0.4, 0.5) is 28.3 Å². The topological polar surface area (TPSA) is 90.4 Å². The van der Waals surface area contributed by atoms with E-state index >= 15 is 0 Å². The van der Waals surface area contributed by atoms with Crippen molar-refractivity contribution in [2.45, 2.75) is 51.5 Å². The fraction of sp³-hybridized carbons (Fsp3) is 0.476. The predicted octanol–water partition coefficient (Wildman–Crippen LogP) is 3.65. The van der Waals surface area contributed by atoms with Gasteiger partial charge in [-0.1, -0.05) is 13.0 Å². The van der Waals surface area contributed by atoms with E-state index in [-0.39, 0.29) is 24.8 Å². The van der Waals surface area contributed by atoms with Crippen LogP contribution in [0.2, 0.25) is 0 Å². The summed E-state index contributed by atoms with van der Waals surface area (Å²) in [7, 11) is 0. The number of hydrogen-bond donors (Lipinski definition) is 3. The lowest BCUT2D eigenvalue weighted by Gasteiger charge is -2.30. The van der Waals surface area contributed by atoms with Gasteiger partial charge < -0.3 is 20.6 Å². The van der Waals surface area contributed by atoms with Crippen LogP contribution < -0.4 is 10.6 Å². The maximum atomic E-state index is 14.0. The highest BCUT2D eigenvalue weighted by atomic mass is 19.4. The monoisotopic (exact) mass is 455 g/mol. The Bertz CT molecular complexity index is 970. The molecule has 0 aliphatic carbocycles. The van der Waals surface area contributed by atoms with E-state index < -0.39 is 29.6 Å². The molecule has 2 amide bonds. The number of aliphatic hydroxyl groups excluding tert-OH is 1. The first kappa shape index (κ1) is 23.7. The lowest BCUT2D eigenvalue weighted by Crippen LogP contribution is -2.44. The number of nitrogens with one attached hydrogen (secondary N) is 2. The number of hydrogen-bond acceptors (Lipinski definition) is 5. The minimum Gasteiger partial charge on any atom is -0.394 e. The second-order valence-corrected chi connectivity index (χ2v) is 7.71. The smallest absolute Gasteiger partial charge is 0.394 e. The number of fused-ring (bicyclic) bond motifs is 1. The van der Waals surface area contributed by atoms with Crippen molar-refractivity contribution in [3.63, 3.8) is 0 Å². The van der Waals surface area contributed by atoms with Crippen LogP contribution in [-0.2, 0) is 19.1 Å². The number of anilines is 1. The first-order chi connectivity index (χ1) is 15.1. The van der Waals surface area contributed by atoms with Gasteiger partial charge in [0.1, 0.15) is 5.82 Å². The molecule has 1 aromatic carbocycles. The Balaban J connectivity index is 1.70. The first-order valence-corrected chi connectivity index (χ1v) is 10.3. The number of urea groups is 1. The van der Waals surface area contributed by atoms with Gasteiger partial charge in [-0.3, -0.25) is 0 Å². The maximum Gasteiger partial charge on any atom is 0.419 e. The van der Waals surface area contributed by atoms with Crippen LogP contribution in [-0.4, -0.2) is 45.2 Å². The lowest BCUT2D eigenvalue weighted by atomic mass is 10.0. The molecule has 0 spiro atoms. The third-order valence-electron chi connectivity index (χ3n) is 5.29. The second kappa shape index (κ2) is 9.68. The van der Waals surface area contributed by atoms with Crippen molar-refractivity contribution in [2.75, 3.05) is 18.5 Å². The van der Waals surface area contributed by atoms with Gasteiger partial charge in [0.25, 0.3) is 0 Å². The number of halogens is 4. The summed E-state index contributed by atoms with van der Waals surface area (Å²) in [6, 6.07) is 1.39. The molecule has 1 aromatic heterocycles. The molecular weight excluding hydrogens is 430 g/mol. The van der Waals surface area contributed by atoms with E-state index in [1.165, 1.54) is 11.0 Å². The summed E-state index contributed by atoms with van der Waals surface area (Å²) in [5, 5.41) is 14.9. The molecule has 0 fully saturated rings. The van der Waals surface area contributed by atoms with E-state index in [1.807, 2.05) is 0 Å². The Kier molecular flexibility index (Phi) is 7.17. The third kappa shape index (κ3) is 5.45. The Morgan fingerprint density at radius 1 is 1.34 bits per heavy atom. The molecule has 7 nitrogen and oxygen atoms in total. The number of nitrogens with zero attached hydrogens (tertiary/aromatic N) is 3. The second-order valence-electron chi connectivity index (χ2n) is 7.71. The van der Waals surface area contributed by atoms with Gasteiger partial charge in [0.15, 0.2) is 0 Å². The van der Waals surface area contributed by atoms with Crippen LogP contribution >= 0.6 is 0 Å². The summed E-state index contributed by atoms with van der Waals surface area (Å²) >= 11 is 0. The van der Waals surface area contributed by atoms with Crippen LogP contribution in [0.5, 0.6) is 0 Å². The molecule has 0 saturated carbocycles. The molecule has 174 valence electrons. The molecule has 1 unspecified atom stereocenters. The van der Waals surface area contributed by atoms with Gasteiger partial charge in [-0.2, -0.15) is 13.2 Å². The van der Waals surface area contributed by atoms with Crippen molar-refractivity contribution in [1.29, 1.82) is 0 Å². The Morgan fingerprint density at radius 3 is 2.72 bits per heavy atom. The van der Waals surface area contributed by atoms with Crippen molar-refractivity contribution < 1.29 is 27.5 Å². The van der Waals surface area contributed by atoms with Gasteiger partial charge in [-0.15, -0.1) is 0 Å². The minimum absolute atomic E-state index is 0.0854. The quantitative estimate of drug-likeness (QED) is 0.579. The SMILES string of the molecule is CCC(NC(=O)N1CCc2cnc(N[C@@H](C)CO)nc2C1)c1ccc(C(F)(F)F)c(F)c1. The zero-order valence-corrected chi connectivity index (χ0v) is 17.7. The number of aromatic nitrogens is 2. The molecule has 0 bridgehead atoms. The number of benzene rings is 1. The number of aliphatic hydroxyl groups is 1. The van der Waals surface area contributed by atoms with Crippen molar-refractivity contribution in [3.8, 4) is 0 Å². The van der Waals surface area contributed by atoms with Crippen molar-refractivity contribution in [2.24, 2.45) is 0 Å². The van der Waals surface area contributed by atoms with Gasteiger partial charge >= 0.3 is 12.2 Å². The Labute approximate surface area is 182 Å². The molecule has 3 rings (SSSR count). The van der Waals surface area contributed by atoms with Crippen molar-refractivity contribution in [1.82, 2.24) is 20.2 Å². The van der Waals surface area contributed by atoms with Gasteiger partial charge in [-0.05, 0) is 43.0 Å². The molecular formula is C21H25F4N5O2. The first-order valence-electron chi connectivity index (χ1n) is 10.3. The summed E-state index contributed by atoms with van der Waals surface area (Å²) in [4.78, 5) is 23.0. The van der Waals surface area contributed by atoms with Crippen LogP contribution in [0.25, 0.3) is 0 Å². The third-order valence-corrected chi connectivity index (χ3v) is 5.29. The molecule has 2 aromatic rings. The number of rotatable bonds is 6. The fourth-order valence-electron chi connectivity index (χ4n) is 3.45. The van der Waals surface area contributed by atoms with Gasteiger partial charge in [0.2, 0.25) is 5.95 Å². The molecule has 0 radical (unpaired) electrons. The van der Waals surface area contributed by atoms with Crippen molar-refractivity contribution >= 4 is 12.0 Å². The zero-order chi connectivity index (χ0) is 23.5. The van der Waals surface area contributed by atoms with Crippen LogP contribution in [0.3, 0.4) is 0 Å². The number of alkyl halides is 3. The fourth-order valence-corrected chi connectivity index (χ4v) is 3.45. The predicted molar refractivity (Wildman–Crippen MR) is 109 cm³/mol. The van der Waals surface area contributed by atoms with Crippen LogP contribution in [0, 0.1) is 5.82 Å². The molecule has 2 atom stereocenters. The zero-order valence-electron chi connectivity index (χ0n) is 17.7. The Morgan fingerprint density at radius 2 is 2.09 bits per heavy atom. The van der Waals surface area contributed by atoms with E-state index in [2.05, 4.69) is 20.6 Å². The highest BCUT2D eigenvalue weighted by molar-refractivity contribution is 5.75. The number of carbonyl (C=O) groups is 1. The lowest BCUT2D eigenvalue weighted by molar-refractivity contribution is -0.140. The van der Waals surface area contributed by atoms with Gasteiger partial charge in [-0.25, -0.2) is 19.2 Å². The molecule has 0 saturated heterocycles. The van der Waals surface area contributed by atoms with E-state index in [0.29, 0.717) is 37.1 Å². The van der Waals surface area contributed by atoms with Crippen LogP contribution in [0.15, 0.2) is 24.4 Å². The van der Waals surface area contributed by atoms with Gasteiger partial charge in [0, 0.05) is 18.8 Å². The minimum atomic E-state index is -4.78. The largest absolute Gasteiger partial charge is 0.419 e. The average Bonchev–Trinajstić information content (AvgIpc) is 2.75. The van der Waals surface area contributed by atoms with Crippen molar-refractivity contribution in [3.05, 3.63) is 52.6 Å². The molecule has 32 heavy (non-hydrogen) atoms. The summed E-state index contributed by atoms with van der Waals surface area (Å²) in [6.45, 7) is 4.08.